The summed E-state index contributed by atoms with van der Waals surface area (Å²) in [4.78, 5) is 37.9. The molecule has 1 aliphatic rings. The number of hydrogen-bond donors (Lipinski definition) is 2. The summed E-state index contributed by atoms with van der Waals surface area (Å²) < 4.78 is 18.0. The third-order valence-corrected chi connectivity index (χ3v) is 4.58. The highest BCUT2D eigenvalue weighted by molar-refractivity contribution is 7.80. The Morgan fingerprint density at radius 3 is 2.79 bits per heavy atom. The van der Waals surface area contributed by atoms with Crippen LogP contribution in [0.5, 0.6) is 0 Å². The minimum absolute atomic E-state index is 0.0555. The van der Waals surface area contributed by atoms with Crippen LogP contribution < -0.4 is 10.6 Å². The number of halogens is 1. The molecule has 1 fully saturated rings. The SMILES string of the molecule is CCCCOC(=O)CC1C(=O)NCCN1C(=S)NC(=O)/C=C/c1ccc(F)cc1. The minimum Gasteiger partial charge on any atom is -0.466 e. The molecule has 1 atom stereocenters. The first-order valence-electron chi connectivity index (χ1n) is 9.39. The lowest BCUT2D eigenvalue weighted by Gasteiger charge is -2.36. The van der Waals surface area contributed by atoms with E-state index in [1.54, 1.807) is 0 Å². The third-order valence-electron chi connectivity index (χ3n) is 4.24. The fourth-order valence-corrected chi connectivity index (χ4v) is 2.99. The van der Waals surface area contributed by atoms with E-state index in [2.05, 4.69) is 10.6 Å². The van der Waals surface area contributed by atoms with E-state index in [1.807, 2.05) is 6.92 Å². The van der Waals surface area contributed by atoms with Crippen molar-refractivity contribution >= 4 is 41.2 Å². The Kier molecular flexibility index (Phi) is 8.72. The minimum atomic E-state index is -0.841. The molecule has 0 aromatic heterocycles. The van der Waals surface area contributed by atoms with Crippen LogP contribution in [0.1, 0.15) is 31.7 Å². The predicted octanol–water partition coefficient (Wildman–Crippen LogP) is 1.77. The molecule has 2 amide bonds. The standard InChI is InChI=1S/C20H24FN3O4S/c1-2-3-12-28-18(26)13-16-19(27)22-10-11-24(16)20(29)23-17(25)9-6-14-4-7-15(21)8-5-14/h4-9,16H,2-3,10-13H2,1H3,(H,22,27)(H,23,25,29)/b9-6+. The monoisotopic (exact) mass is 421 g/mol. The molecule has 0 radical (unpaired) electrons. The molecular formula is C20H24FN3O4S. The number of rotatable bonds is 7. The first-order valence-corrected chi connectivity index (χ1v) is 9.80. The number of carbonyl (C=O) groups is 3. The van der Waals surface area contributed by atoms with E-state index < -0.39 is 17.9 Å². The van der Waals surface area contributed by atoms with Gasteiger partial charge in [0, 0.05) is 19.2 Å². The van der Waals surface area contributed by atoms with Crippen LogP contribution in [0.4, 0.5) is 4.39 Å². The topological polar surface area (TPSA) is 87.7 Å². The Bertz CT molecular complexity index is 782. The number of thiocarbonyl (C=S) groups is 1. The molecule has 0 aliphatic carbocycles. The number of carbonyl (C=O) groups excluding carboxylic acids is 3. The molecule has 29 heavy (non-hydrogen) atoms. The van der Waals surface area contributed by atoms with E-state index >= 15 is 0 Å². The molecule has 0 saturated carbocycles. The van der Waals surface area contributed by atoms with Crippen molar-refractivity contribution in [3.05, 3.63) is 41.7 Å². The second-order valence-electron chi connectivity index (χ2n) is 6.46. The molecule has 1 aromatic rings. The first kappa shape index (κ1) is 22.5. The van der Waals surface area contributed by atoms with E-state index in [0.29, 0.717) is 25.3 Å². The van der Waals surface area contributed by atoms with Crippen LogP contribution in [-0.4, -0.2) is 53.5 Å². The van der Waals surface area contributed by atoms with Crippen LogP contribution in [0.3, 0.4) is 0 Å². The van der Waals surface area contributed by atoms with E-state index in [0.717, 1.165) is 12.8 Å². The van der Waals surface area contributed by atoms with Crippen LogP contribution in [0.15, 0.2) is 30.3 Å². The van der Waals surface area contributed by atoms with Crippen LogP contribution in [0.25, 0.3) is 6.08 Å². The van der Waals surface area contributed by atoms with Crippen LogP contribution in [0, 0.1) is 5.82 Å². The summed E-state index contributed by atoms with van der Waals surface area (Å²) in [5.41, 5.74) is 0.650. The number of hydrogen-bond acceptors (Lipinski definition) is 5. The van der Waals surface area contributed by atoms with Gasteiger partial charge in [0.1, 0.15) is 11.9 Å². The van der Waals surface area contributed by atoms with E-state index in [4.69, 9.17) is 17.0 Å². The zero-order chi connectivity index (χ0) is 21.2. The van der Waals surface area contributed by atoms with Gasteiger partial charge in [0.25, 0.3) is 0 Å². The molecule has 7 nitrogen and oxygen atoms in total. The summed E-state index contributed by atoms with van der Waals surface area (Å²) in [6, 6.07) is 4.81. The van der Waals surface area contributed by atoms with Crippen LogP contribution >= 0.6 is 12.2 Å². The molecule has 1 saturated heterocycles. The van der Waals surface area contributed by atoms with Gasteiger partial charge in [-0.1, -0.05) is 25.5 Å². The molecule has 156 valence electrons. The maximum Gasteiger partial charge on any atom is 0.308 e. The fraction of sp³-hybridized carbons (Fsp3) is 0.400. The van der Waals surface area contributed by atoms with Gasteiger partial charge in [0.05, 0.1) is 13.0 Å². The molecule has 1 aliphatic heterocycles. The van der Waals surface area contributed by atoms with E-state index in [9.17, 15) is 18.8 Å². The highest BCUT2D eigenvalue weighted by Crippen LogP contribution is 2.11. The van der Waals surface area contributed by atoms with Gasteiger partial charge < -0.3 is 15.0 Å². The van der Waals surface area contributed by atoms with Gasteiger partial charge in [-0.25, -0.2) is 4.39 Å². The van der Waals surface area contributed by atoms with Crippen molar-refractivity contribution in [2.24, 2.45) is 0 Å². The van der Waals surface area contributed by atoms with Gasteiger partial charge in [-0.3, -0.25) is 19.7 Å². The molecule has 2 N–H and O–H groups in total. The van der Waals surface area contributed by atoms with Crippen molar-refractivity contribution in [3.63, 3.8) is 0 Å². The van der Waals surface area contributed by atoms with Crippen molar-refractivity contribution in [1.82, 2.24) is 15.5 Å². The number of amides is 2. The third kappa shape index (κ3) is 7.26. The number of unbranched alkanes of at least 4 members (excludes halogenated alkanes) is 1. The molecule has 2 rings (SSSR count). The average molecular weight is 421 g/mol. The normalized spacial score (nSPS) is 16.4. The van der Waals surface area contributed by atoms with Crippen molar-refractivity contribution < 1.29 is 23.5 Å². The number of nitrogens with zero attached hydrogens (tertiary/aromatic N) is 1. The zero-order valence-electron chi connectivity index (χ0n) is 16.2. The van der Waals surface area contributed by atoms with Gasteiger partial charge in [-0.15, -0.1) is 0 Å². The van der Waals surface area contributed by atoms with Gasteiger partial charge in [-0.05, 0) is 42.4 Å². The van der Waals surface area contributed by atoms with Gasteiger partial charge in [0.2, 0.25) is 11.8 Å². The molecule has 1 aromatic carbocycles. The molecule has 1 unspecified atom stereocenters. The smallest absolute Gasteiger partial charge is 0.308 e. The van der Waals surface area contributed by atoms with E-state index in [-0.39, 0.29) is 23.3 Å². The predicted molar refractivity (Wildman–Crippen MR) is 110 cm³/mol. The Morgan fingerprint density at radius 1 is 1.38 bits per heavy atom. The van der Waals surface area contributed by atoms with Gasteiger partial charge in [-0.2, -0.15) is 0 Å². The van der Waals surface area contributed by atoms with Gasteiger partial charge >= 0.3 is 5.97 Å². The molecule has 9 heteroatoms. The highest BCUT2D eigenvalue weighted by atomic mass is 32.1. The van der Waals surface area contributed by atoms with Crippen molar-refractivity contribution in [2.45, 2.75) is 32.2 Å². The second-order valence-corrected chi connectivity index (χ2v) is 6.84. The Balaban J connectivity index is 1.94. The quantitative estimate of drug-likeness (QED) is 0.302. The van der Waals surface area contributed by atoms with Crippen LogP contribution in [0.2, 0.25) is 0 Å². The van der Waals surface area contributed by atoms with Gasteiger partial charge in [0.15, 0.2) is 5.11 Å². The lowest BCUT2D eigenvalue weighted by molar-refractivity contribution is -0.147. The molecule has 1 heterocycles. The number of benzene rings is 1. The van der Waals surface area contributed by atoms with Crippen molar-refractivity contribution in [1.29, 1.82) is 0 Å². The fourth-order valence-electron chi connectivity index (χ4n) is 2.67. The Hall–Kier alpha value is -2.81. The number of piperazine rings is 1. The summed E-state index contributed by atoms with van der Waals surface area (Å²) in [6.45, 7) is 3.00. The average Bonchev–Trinajstić information content (AvgIpc) is 2.69. The largest absolute Gasteiger partial charge is 0.466 e. The summed E-state index contributed by atoms with van der Waals surface area (Å²) >= 11 is 5.27. The second kappa shape index (κ2) is 11.3. The summed E-state index contributed by atoms with van der Waals surface area (Å²) in [5.74, 6) is -1.69. The number of ether oxygens (including phenoxy) is 1. The van der Waals surface area contributed by atoms with Crippen molar-refractivity contribution in [2.75, 3.05) is 19.7 Å². The summed E-state index contributed by atoms with van der Waals surface area (Å²) in [5, 5.41) is 5.28. The first-order chi connectivity index (χ1) is 13.9. The molecule has 0 bridgehead atoms. The Labute approximate surface area is 174 Å². The molecule has 0 spiro atoms. The zero-order valence-corrected chi connectivity index (χ0v) is 17.0. The van der Waals surface area contributed by atoms with E-state index in [1.165, 1.54) is 41.3 Å². The maximum absolute atomic E-state index is 12.9. The highest BCUT2D eigenvalue weighted by Gasteiger charge is 2.34. The lowest BCUT2D eigenvalue weighted by atomic mass is 10.1. The van der Waals surface area contributed by atoms with Crippen LogP contribution in [-0.2, 0) is 19.1 Å². The van der Waals surface area contributed by atoms with Crippen molar-refractivity contribution in [3.8, 4) is 0 Å². The molecular weight excluding hydrogens is 397 g/mol. The maximum atomic E-state index is 12.9. The number of nitrogens with one attached hydrogen (secondary N) is 2. The summed E-state index contributed by atoms with van der Waals surface area (Å²) in [6.07, 6.45) is 4.27. The lowest BCUT2D eigenvalue weighted by Crippen LogP contribution is -2.60. The number of esters is 1. The summed E-state index contributed by atoms with van der Waals surface area (Å²) in [7, 11) is 0. The Morgan fingerprint density at radius 2 is 2.10 bits per heavy atom.